The molecule has 2 aromatic carbocycles. The molecule has 6 aliphatic carbocycles. The van der Waals surface area contributed by atoms with Gasteiger partial charge in [0.15, 0.2) is 6.35 Å². The van der Waals surface area contributed by atoms with Crippen LogP contribution in [0.15, 0.2) is 60.7 Å². The van der Waals surface area contributed by atoms with Gasteiger partial charge in [0.2, 0.25) is 0 Å². The summed E-state index contributed by atoms with van der Waals surface area (Å²) < 4.78 is 19.9. The lowest BCUT2D eigenvalue weighted by molar-refractivity contribution is -0.153. The minimum atomic E-state index is -1.40. The standard InChI is InChI=1S/C15H18OP.C11H16O3.C10H16O3.C10H14O3.ClH2/c1-16-13-17(2,14-9-5-3-6-10-14)15-11-7-4-8-12-15;1-14-9(13)11-4-2-10(8-11,3-5-11)6-7-12;2*1-13-8(12)10-4-2-9(6-10,7-11)3-5-10;/h3-12H,13H2,1-2H3;7H,2-6,8H2,1H3;11H,2-7H2,1H3;7H,2-6H2,1H3;1H2/q+1;;;;+1. The molecule has 1 N–H and O–H groups in total. The fraction of sp³-hybridized carbons (Fsp3) is 0.630. The smallest absolute Gasteiger partial charge is 0.311 e. The van der Waals surface area contributed by atoms with Crippen molar-refractivity contribution in [3.63, 3.8) is 0 Å². The van der Waals surface area contributed by atoms with Crippen LogP contribution in [0.4, 0.5) is 0 Å². The molecule has 6 saturated carbocycles. The first-order chi connectivity index (χ1) is 27.3. The molecule has 0 atom stereocenters. The van der Waals surface area contributed by atoms with Crippen molar-refractivity contribution in [3.8, 4) is 0 Å². The molecule has 6 aliphatic rings. The van der Waals surface area contributed by atoms with Gasteiger partial charge in [-0.2, -0.15) is 0 Å². The van der Waals surface area contributed by atoms with E-state index in [-0.39, 0.29) is 69.4 Å². The van der Waals surface area contributed by atoms with E-state index in [1.807, 2.05) is 0 Å². The fourth-order valence-electron chi connectivity index (χ4n) is 11.3. The predicted octanol–water partition coefficient (Wildman–Crippen LogP) is 6.46. The van der Waals surface area contributed by atoms with Crippen molar-refractivity contribution in [1.29, 1.82) is 0 Å². The highest BCUT2D eigenvalue weighted by Crippen LogP contribution is 2.64. The van der Waals surface area contributed by atoms with Crippen molar-refractivity contribution < 1.29 is 60.4 Å². The normalized spacial score (nSPS) is 31.8. The van der Waals surface area contributed by atoms with Gasteiger partial charge >= 0.3 is 17.9 Å². The number of ether oxygens (including phenoxy) is 4. The number of rotatable bonds is 11. The van der Waals surface area contributed by atoms with E-state index in [9.17, 15) is 29.1 Å². The summed E-state index contributed by atoms with van der Waals surface area (Å²) in [6.07, 6.45) is 16.9. The van der Waals surface area contributed by atoms with E-state index in [1.165, 1.54) is 31.9 Å². The SMILES string of the molecule is COC(=O)C12CCC(C=O)(CC1)C2.COC(=O)C12CCC(CC=O)(CC1)C2.COC(=O)C12CCC(CO)(CC1)C2.COC[P+](C)(c1ccccc1)c1ccccc1.[ClH2+]. The highest BCUT2D eigenvalue weighted by Gasteiger charge is 2.60. The fourth-order valence-corrected chi connectivity index (χ4v) is 14.1. The van der Waals surface area contributed by atoms with Crippen LogP contribution in [0.5, 0.6) is 0 Å². The minimum Gasteiger partial charge on any atom is -0.469 e. The Morgan fingerprint density at radius 2 is 0.983 bits per heavy atom. The Hall–Kier alpha value is -3.17. The van der Waals surface area contributed by atoms with E-state index in [0.717, 1.165) is 115 Å². The first-order valence-electron chi connectivity index (χ1n) is 20.5. The maximum atomic E-state index is 11.6. The van der Waals surface area contributed by atoms with Gasteiger partial charge in [-0.05, 0) is 131 Å². The van der Waals surface area contributed by atoms with Crippen molar-refractivity contribution >= 4 is 48.4 Å². The van der Waals surface area contributed by atoms with E-state index in [0.29, 0.717) is 6.42 Å². The van der Waals surface area contributed by atoms with Gasteiger partial charge in [-0.15, -0.1) is 0 Å². The first-order valence-corrected chi connectivity index (χ1v) is 22.9. The molecule has 320 valence electrons. The maximum absolute atomic E-state index is 11.6. The van der Waals surface area contributed by atoms with E-state index in [1.54, 1.807) is 7.11 Å². The van der Waals surface area contributed by atoms with Gasteiger partial charge in [-0.1, -0.05) is 36.4 Å². The Kier molecular flexibility index (Phi) is 16.0. The third-order valence-corrected chi connectivity index (χ3v) is 18.5. The minimum absolute atomic E-state index is 0. The molecule has 6 bridgehead atoms. The molecule has 0 amide bonds. The Labute approximate surface area is 351 Å². The van der Waals surface area contributed by atoms with Gasteiger partial charge in [0.25, 0.3) is 0 Å². The maximum Gasteiger partial charge on any atom is 0.311 e. The van der Waals surface area contributed by atoms with Crippen LogP contribution in [0.25, 0.3) is 0 Å². The van der Waals surface area contributed by atoms with E-state index < -0.39 is 7.26 Å². The average molecular weight is 845 g/mol. The second-order valence-corrected chi connectivity index (χ2v) is 21.8. The van der Waals surface area contributed by atoms with Gasteiger partial charge in [-0.25, -0.2) is 0 Å². The Morgan fingerprint density at radius 1 is 0.603 bits per heavy atom. The van der Waals surface area contributed by atoms with Gasteiger partial charge in [-0.3, -0.25) is 14.4 Å². The van der Waals surface area contributed by atoms with Crippen LogP contribution in [0.3, 0.4) is 0 Å². The second kappa shape index (κ2) is 19.5. The highest BCUT2D eigenvalue weighted by atomic mass is 35.5. The summed E-state index contributed by atoms with van der Waals surface area (Å²) in [6.45, 7) is 2.56. The van der Waals surface area contributed by atoms with Crippen LogP contribution in [0, 0.1) is 44.9 Å². The van der Waals surface area contributed by atoms with Gasteiger partial charge in [0.1, 0.15) is 30.4 Å². The van der Waals surface area contributed by atoms with E-state index in [2.05, 4.69) is 67.3 Å². The number of halogens is 1. The topological polar surface area (TPSA) is 142 Å². The summed E-state index contributed by atoms with van der Waals surface area (Å²) >= 11 is 0. The monoisotopic (exact) mass is 844 g/mol. The quantitative estimate of drug-likeness (QED) is 0.116. The van der Waals surface area contributed by atoms with Gasteiger partial charge in [0.05, 0.1) is 56.6 Å². The Morgan fingerprint density at radius 3 is 1.31 bits per heavy atom. The Balaban J connectivity index is 0.000000171. The number of methoxy groups -OCH3 is 4. The number of carbonyl (C=O) groups excluding carboxylic acids is 5. The molecule has 6 fully saturated rings. The molecular weight excluding hydrogens is 779 g/mol. The van der Waals surface area contributed by atoms with Crippen molar-refractivity contribution in [2.45, 2.75) is 103 Å². The molecule has 10 nitrogen and oxygen atoms in total. The number of benzene rings is 2. The van der Waals surface area contributed by atoms with Crippen LogP contribution in [-0.2, 0) is 42.9 Å². The number of aliphatic hydroxyl groups excluding tert-OH is 1. The van der Waals surface area contributed by atoms with Crippen molar-refractivity contribution in [2.75, 3.05) is 48.1 Å². The lowest BCUT2D eigenvalue weighted by Gasteiger charge is -2.24. The summed E-state index contributed by atoms with van der Waals surface area (Å²) in [7, 11) is 4.72. The zero-order chi connectivity index (χ0) is 41.4. The van der Waals surface area contributed by atoms with Crippen molar-refractivity contribution in [2.24, 2.45) is 32.5 Å². The third kappa shape index (κ3) is 9.41. The lowest BCUT2D eigenvalue weighted by atomic mass is 9.80. The van der Waals surface area contributed by atoms with Crippen molar-refractivity contribution in [1.82, 2.24) is 0 Å². The third-order valence-electron chi connectivity index (χ3n) is 14.9. The molecule has 8 rings (SSSR count). The zero-order valence-electron chi connectivity index (χ0n) is 35.2. The number of hydrogen-bond acceptors (Lipinski definition) is 10. The predicted molar refractivity (Wildman–Crippen MR) is 223 cm³/mol. The number of esters is 3. The summed E-state index contributed by atoms with van der Waals surface area (Å²) in [5.41, 5.74) is -0.788. The van der Waals surface area contributed by atoms with Crippen LogP contribution in [0.2, 0.25) is 0 Å². The number of carbonyl (C=O) groups is 5. The summed E-state index contributed by atoms with van der Waals surface area (Å²) in [6, 6.07) is 21.4. The second-order valence-electron chi connectivity index (χ2n) is 18.1. The summed E-state index contributed by atoms with van der Waals surface area (Å²) in [5.74, 6) is -0.253. The molecule has 0 spiro atoms. The van der Waals surface area contributed by atoms with Gasteiger partial charge < -0.3 is 33.6 Å². The molecule has 0 radical (unpaired) electrons. The Bertz CT molecular complexity index is 1650. The molecule has 2 aromatic rings. The molecule has 0 aliphatic heterocycles. The van der Waals surface area contributed by atoms with Gasteiger partial charge in [0, 0.05) is 25.6 Å². The largest absolute Gasteiger partial charge is 0.469 e. The lowest BCUT2D eigenvalue weighted by Crippen LogP contribution is -2.27. The number of hydrogen-bond donors (Lipinski definition) is 1. The van der Waals surface area contributed by atoms with Crippen LogP contribution in [-0.4, -0.2) is 83.6 Å². The zero-order valence-corrected chi connectivity index (χ0v) is 37.0. The van der Waals surface area contributed by atoms with E-state index in [4.69, 9.17) is 18.9 Å². The summed E-state index contributed by atoms with van der Waals surface area (Å²) in [5, 5.41) is 12.1. The number of fused-ring (bicyclic) bond motifs is 6. The molecule has 0 heterocycles. The highest BCUT2D eigenvalue weighted by molar-refractivity contribution is 7.88. The molecule has 58 heavy (non-hydrogen) atoms. The average Bonchev–Trinajstić information content (AvgIpc) is 4.13. The number of aldehydes is 2. The van der Waals surface area contributed by atoms with Crippen molar-refractivity contribution in [3.05, 3.63) is 60.7 Å². The van der Waals surface area contributed by atoms with Crippen LogP contribution >= 0.6 is 7.26 Å². The molecule has 0 saturated heterocycles. The van der Waals surface area contributed by atoms with E-state index >= 15 is 0 Å². The molecule has 0 aromatic heterocycles. The van der Waals surface area contributed by atoms with Crippen LogP contribution < -0.4 is 10.6 Å². The molecule has 12 heteroatoms. The molecule has 0 unspecified atom stereocenters. The van der Waals surface area contributed by atoms with Crippen LogP contribution in [0.1, 0.15) is 103 Å². The molecular formula is C46H66ClO10P+2. The number of aliphatic hydroxyl groups is 1. The summed E-state index contributed by atoms with van der Waals surface area (Å²) in [4.78, 5) is 56.2. The first kappa shape index (κ1) is 47.5.